The van der Waals surface area contributed by atoms with E-state index in [-0.39, 0.29) is 0 Å². The van der Waals surface area contributed by atoms with Crippen molar-refractivity contribution in [1.82, 2.24) is 0 Å². The number of hydrogen-bond acceptors (Lipinski definition) is 2. The smallest absolute Gasteiger partial charge is 0.107 e. The largest absolute Gasteiger partial charge is 0.192 e. The Morgan fingerprint density at radius 2 is 2.23 bits per heavy atom. The molecule has 0 fully saturated rings. The van der Waals surface area contributed by atoms with Crippen LogP contribution in [0.3, 0.4) is 0 Å². The van der Waals surface area contributed by atoms with Gasteiger partial charge in [0.2, 0.25) is 0 Å². The molecule has 0 aliphatic heterocycles. The van der Waals surface area contributed by atoms with Gasteiger partial charge in [0, 0.05) is 5.39 Å². The number of benzene rings is 1. The second kappa shape index (κ2) is 3.45. The highest BCUT2D eigenvalue weighted by atomic mass is 127. The predicted octanol–water partition coefficient (Wildman–Crippen LogP) is 4.03. The Hall–Kier alpha value is -0.310. The number of nitriles is 1. The minimum absolute atomic E-state index is 0.701. The predicted molar refractivity (Wildman–Crippen MR) is 64.3 cm³/mol. The first-order chi connectivity index (χ1) is 6.24. The van der Waals surface area contributed by atoms with E-state index in [1.165, 1.54) is 11.3 Å². The Morgan fingerprint density at radius 1 is 1.46 bits per heavy atom. The molecular weight excluding hydrogens is 317 g/mol. The highest BCUT2D eigenvalue weighted by Crippen LogP contribution is 2.37. The summed E-state index contributed by atoms with van der Waals surface area (Å²) >= 11 is 9.65. The maximum absolute atomic E-state index is 8.85. The summed E-state index contributed by atoms with van der Waals surface area (Å²) in [5, 5.41) is 9.93. The lowest BCUT2D eigenvalue weighted by Gasteiger charge is -1.90. The van der Waals surface area contributed by atoms with E-state index in [0.29, 0.717) is 5.56 Å². The Kier molecular flexibility index (Phi) is 2.45. The van der Waals surface area contributed by atoms with Crippen molar-refractivity contribution >= 4 is 55.6 Å². The molecule has 2 aromatic rings. The zero-order valence-corrected chi connectivity index (χ0v) is 10.1. The summed E-state index contributed by atoms with van der Waals surface area (Å²) in [5.74, 6) is 0. The summed E-state index contributed by atoms with van der Waals surface area (Å²) in [4.78, 5) is 0. The molecule has 1 heterocycles. The zero-order valence-electron chi connectivity index (χ0n) is 6.34. The van der Waals surface area contributed by atoms with Crippen LogP contribution in [-0.2, 0) is 0 Å². The van der Waals surface area contributed by atoms with Crippen molar-refractivity contribution in [3.63, 3.8) is 0 Å². The minimum atomic E-state index is 0.701. The maximum Gasteiger partial charge on any atom is 0.107 e. The molecule has 1 aromatic carbocycles. The van der Waals surface area contributed by atoms with Gasteiger partial charge in [0.25, 0.3) is 0 Å². The third kappa shape index (κ3) is 1.43. The third-order valence-corrected chi connectivity index (χ3v) is 4.99. The second-order valence-electron chi connectivity index (χ2n) is 2.48. The molecule has 0 radical (unpaired) electrons. The molecule has 0 bridgehead atoms. The van der Waals surface area contributed by atoms with E-state index in [1.54, 1.807) is 0 Å². The Bertz CT molecular complexity index is 512. The summed E-state index contributed by atoms with van der Waals surface area (Å²) in [6.45, 7) is 0. The van der Waals surface area contributed by atoms with Crippen molar-refractivity contribution in [2.24, 2.45) is 0 Å². The lowest BCUT2D eigenvalue weighted by molar-refractivity contribution is 1.51. The first kappa shape index (κ1) is 9.25. The highest BCUT2D eigenvalue weighted by molar-refractivity contribution is 14.1. The van der Waals surface area contributed by atoms with Gasteiger partial charge in [-0.05, 0) is 28.7 Å². The SMILES string of the molecule is N#Cc1cccc2c(I)c(Cl)sc12. The summed E-state index contributed by atoms with van der Waals surface area (Å²) < 4.78 is 2.79. The second-order valence-corrected chi connectivity index (χ2v) is 5.19. The molecule has 0 atom stereocenters. The van der Waals surface area contributed by atoms with Crippen molar-refractivity contribution in [1.29, 1.82) is 5.26 Å². The fourth-order valence-electron chi connectivity index (χ4n) is 1.15. The van der Waals surface area contributed by atoms with Gasteiger partial charge < -0.3 is 0 Å². The molecule has 0 aliphatic carbocycles. The lowest BCUT2D eigenvalue weighted by Crippen LogP contribution is -1.73. The molecule has 0 saturated heterocycles. The first-order valence-electron chi connectivity index (χ1n) is 3.50. The fourth-order valence-corrected chi connectivity index (χ4v) is 3.33. The molecule has 0 N–H and O–H groups in total. The van der Waals surface area contributed by atoms with Crippen LogP contribution >= 0.6 is 45.5 Å². The molecule has 0 unspecified atom stereocenters. The van der Waals surface area contributed by atoms with Crippen LogP contribution in [0, 0.1) is 14.9 Å². The van der Waals surface area contributed by atoms with Crippen molar-refractivity contribution in [3.05, 3.63) is 31.7 Å². The number of thiophene rings is 1. The van der Waals surface area contributed by atoms with Gasteiger partial charge in [-0.25, -0.2) is 0 Å². The van der Waals surface area contributed by atoms with Crippen LogP contribution in [0.5, 0.6) is 0 Å². The molecule has 0 saturated carbocycles. The van der Waals surface area contributed by atoms with Crippen LogP contribution in [0.25, 0.3) is 10.1 Å². The first-order valence-corrected chi connectivity index (χ1v) is 5.78. The topological polar surface area (TPSA) is 23.8 Å². The number of rotatable bonds is 0. The van der Waals surface area contributed by atoms with Crippen LogP contribution < -0.4 is 0 Å². The van der Waals surface area contributed by atoms with E-state index in [4.69, 9.17) is 16.9 Å². The number of hydrogen-bond donors (Lipinski definition) is 0. The van der Waals surface area contributed by atoms with Crippen molar-refractivity contribution in [2.75, 3.05) is 0 Å². The van der Waals surface area contributed by atoms with E-state index in [0.717, 1.165) is 18.0 Å². The molecule has 0 amide bonds. The van der Waals surface area contributed by atoms with E-state index in [2.05, 4.69) is 28.7 Å². The Labute approximate surface area is 98.1 Å². The highest BCUT2D eigenvalue weighted by Gasteiger charge is 2.10. The third-order valence-electron chi connectivity index (χ3n) is 1.74. The van der Waals surface area contributed by atoms with Crippen molar-refractivity contribution < 1.29 is 0 Å². The van der Waals surface area contributed by atoms with Gasteiger partial charge in [-0.2, -0.15) is 5.26 Å². The summed E-state index contributed by atoms with van der Waals surface area (Å²) in [7, 11) is 0. The Balaban J connectivity index is 2.95. The monoisotopic (exact) mass is 319 g/mol. The van der Waals surface area contributed by atoms with Gasteiger partial charge in [0.05, 0.1) is 13.8 Å². The van der Waals surface area contributed by atoms with Crippen LogP contribution in [0.4, 0.5) is 0 Å². The molecule has 0 aliphatic rings. The quantitative estimate of drug-likeness (QED) is 0.673. The van der Waals surface area contributed by atoms with Gasteiger partial charge >= 0.3 is 0 Å². The number of nitrogens with zero attached hydrogens (tertiary/aromatic N) is 1. The minimum Gasteiger partial charge on any atom is -0.192 e. The molecular formula is C9H3ClINS. The van der Waals surface area contributed by atoms with Crippen molar-refractivity contribution in [3.8, 4) is 6.07 Å². The average Bonchev–Trinajstić information content (AvgIpc) is 2.43. The van der Waals surface area contributed by atoms with E-state index < -0.39 is 0 Å². The van der Waals surface area contributed by atoms with E-state index in [1.807, 2.05) is 18.2 Å². The van der Waals surface area contributed by atoms with Gasteiger partial charge in [0.1, 0.15) is 10.4 Å². The molecule has 2 rings (SSSR count). The normalized spacial score (nSPS) is 10.2. The summed E-state index contributed by atoms with van der Waals surface area (Å²) in [5.41, 5.74) is 0.701. The summed E-state index contributed by atoms with van der Waals surface area (Å²) in [6.07, 6.45) is 0. The van der Waals surface area contributed by atoms with Gasteiger partial charge in [-0.15, -0.1) is 11.3 Å². The Morgan fingerprint density at radius 3 is 2.92 bits per heavy atom. The van der Waals surface area contributed by atoms with Gasteiger partial charge in [-0.1, -0.05) is 23.7 Å². The van der Waals surface area contributed by atoms with Crippen molar-refractivity contribution in [2.45, 2.75) is 0 Å². The fraction of sp³-hybridized carbons (Fsp3) is 0. The molecule has 1 nitrogen and oxygen atoms in total. The van der Waals surface area contributed by atoms with Crippen LogP contribution in [-0.4, -0.2) is 0 Å². The maximum atomic E-state index is 8.85. The molecule has 1 aromatic heterocycles. The standard InChI is InChI=1S/C9H3ClINS/c10-9-7(11)6-3-1-2-5(4-12)8(6)13-9/h1-3H. The van der Waals surface area contributed by atoms with E-state index >= 15 is 0 Å². The molecule has 0 spiro atoms. The summed E-state index contributed by atoms with van der Waals surface area (Å²) in [6, 6.07) is 7.84. The molecule has 13 heavy (non-hydrogen) atoms. The number of fused-ring (bicyclic) bond motifs is 1. The number of halogens is 2. The van der Waals surface area contributed by atoms with Crippen LogP contribution in [0.15, 0.2) is 18.2 Å². The van der Waals surface area contributed by atoms with Crippen LogP contribution in [0.2, 0.25) is 4.34 Å². The van der Waals surface area contributed by atoms with E-state index in [9.17, 15) is 0 Å². The van der Waals surface area contributed by atoms with Crippen LogP contribution in [0.1, 0.15) is 5.56 Å². The lowest BCUT2D eigenvalue weighted by atomic mass is 10.2. The van der Waals surface area contributed by atoms with Gasteiger partial charge in [0.15, 0.2) is 0 Å². The van der Waals surface area contributed by atoms with Gasteiger partial charge in [-0.3, -0.25) is 0 Å². The molecule has 64 valence electrons. The zero-order chi connectivity index (χ0) is 9.42. The average molecular weight is 320 g/mol. The molecule has 4 heteroatoms.